The minimum Gasteiger partial charge on any atom is -0.339 e. The van der Waals surface area contributed by atoms with E-state index >= 15 is 0 Å². The van der Waals surface area contributed by atoms with Gasteiger partial charge in [0.1, 0.15) is 0 Å². The first-order chi connectivity index (χ1) is 11.5. The van der Waals surface area contributed by atoms with Crippen LogP contribution in [-0.2, 0) is 0 Å². The van der Waals surface area contributed by atoms with Gasteiger partial charge in [-0.3, -0.25) is 0 Å². The van der Waals surface area contributed by atoms with Crippen molar-refractivity contribution < 1.29 is 9.32 Å². The summed E-state index contributed by atoms with van der Waals surface area (Å²) in [5.41, 5.74) is 3.20. The summed E-state index contributed by atoms with van der Waals surface area (Å²) < 4.78 is 5.80. The molecule has 0 bridgehead atoms. The van der Waals surface area contributed by atoms with Crippen LogP contribution in [0.5, 0.6) is 0 Å². The van der Waals surface area contributed by atoms with E-state index in [9.17, 15) is 4.79 Å². The Hall–Kier alpha value is -2.67. The zero-order valence-electron chi connectivity index (χ0n) is 13.1. The smallest absolute Gasteiger partial charge is 0.323 e. The molecule has 1 heterocycles. The molecule has 0 aliphatic carbocycles. The van der Waals surface area contributed by atoms with E-state index in [1.54, 1.807) is 19.1 Å². The van der Waals surface area contributed by atoms with Gasteiger partial charge in [0, 0.05) is 22.6 Å². The molecule has 122 valence electrons. The van der Waals surface area contributed by atoms with Crippen LogP contribution in [0, 0.1) is 13.8 Å². The molecule has 0 aliphatic rings. The van der Waals surface area contributed by atoms with Crippen LogP contribution in [-0.4, -0.2) is 16.2 Å². The Balaban J connectivity index is 1.72. The first-order valence-corrected chi connectivity index (χ1v) is 8.05. The fourth-order valence-electron chi connectivity index (χ4n) is 2.16. The number of nitrogens with one attached hydrogen (secondary N) is 2. The van der Waals surface area contributed by atoms with Gasteiger partial charge in [-0.2, -0.15) is 4.98 Å². The normalized spacial score (nSPS) is 10.5. The van der Waals surface area contributed by atoms with E-state index in [2.05, 4.69) is 36.7 Å². The number of halogens is 1. The predicted octanol–water partition coefficient (Wildman–Crippen LogP) is 4.76. The highest BCUT2D eigenvalue weighted by Crippen LogP contribution is 2.24. The van der Waals surface area contributed by atoms with E-state index in [-0.39, 0.29) is 6.03 Å². The molecule has 0 spiro atoms. The van der Waals surface area contributed by atoms with Crippen molar-refractivity contribution in [3.63, 3.8) is 0 Å². The molecule has 6 nitrogen and oxygen atoms in total. The Kier molecular flexibility index (Phi) is 4.61. The molecule has 0 saturated carbocycles. The predicted molar refractivity (Wildman–Crippen MR) is 96.0 cm³/mol. The molecule has 0 atom stereocenters. The monoisotopic (exact) mass is 386 g/mol. The summed E-state index contributed by atoms with van der Waals surface area (Å²) in [6.45, 7) is 3.71. The number of rotatable bonds is 3. The minimum atomic E-state index is -0.332. The van der Waals surface area contributed by atoms with E-state index in [1.807, 2.05) is 37.3 Å². The van der Waals surface area contributed by atoms with Crippen molar-refractivity contribution in [3.05, 3.63) is 58.4 Å². The molecule has 3 aromatic rings. The van der Waals surface area contributed by atoms with Crippen molar-refractivity contribution in [1.82, 2.24) is 10.1 Å². The Morgan fingerprint density at radius 2 is 1.96 bits per heavy atom. The van der Waals surface area contributed by atoms with Gasteiger partial charge in [-0.15, -0.1) is 0 Å². The molecule has 2 amide bonds. The summed E-state index contributed by atoms with van der Waals surface area (Å²) >= 11 is 3.44. The molecule has 0 radical (unpaired) electrons. The summed E-state index contributed by atoms with van der Waals surface area (Å²) in [5.74, 6) is 0.975. The number of carbonyl (C=O) groups excluding carboxylic acids is 1. The highest BCUT2D eigenvalue weighted by atomic mass is 79.9. The Morgan fingerprint density at radius 1 is 1.12 bits per heavy atom. The summed E-state index contributed by atoms with van der Waals surface area (Å²) in [5, 5.41) is 9.47. The second-order valence-corrected chi connectivity index (χ2v) is 6.13. The lowest BCUT2D eigenvalue weighted by Crippen LogP contribution is -2.19. The van der Waals surface area contributed by atoms with Crippen molar-refractivity contribution >= 4 is 33.3 Å². The Morgan fingerprint density at radius 3 is 2.67 bits per heavy atom. The lowest BCUT2D eigenvalue weighted by atomic mass is 10.2. The van der Waals surface area contributed by atoms with Crippen LogP contribution < -0.4 is 10.6 Å². The van der Waals surface area contributed by atoms with Gasteiger partial charge in [-0.05, 0) is 52.7 Å². The average molecular weight is 387 g/mol. The maximum Gasteiger partial charge on any atom is 0.323 e. The van der Waals surface area contributed by atoms with Crippen LogP contribution in [0.15, 0.2) is 51.5 Å². The van der Waals surface area contributed by atoms with Gasteiger partial charge in [0.2, 0.25) is 11.7 Å². The van der Waals surface area contributed by atoms with Crippen LogP contribution in [0.2, 0.25) is 0 Å². The topological polar surface area (TPSA) is 80.0 Å². The molecule has 0 fully saturated rings. The number of carbonyl (C=O) groups is 1. The van der Waals surface area contributed by atoms with Gasteiger partial charge in [0.25, 0.3) is 0 Å². The number of nitrogens with zero attached hydrogens (tertiary/aromatic N) is 2. The maximum atomic E-state index is 12.2. The molecule has 24 heavy (non-hydrogen) atoms. The van der Waals surface area contributed by atoms with Gasteiger partial charge in [-0.25, -0.2) is 4.79 Å². The van der Waals surface area contributed by atoms with Crippen molar-refractivity contribution in [2.24, 2.45) is 0 Å². The van der Waals surface area contributed by atoms with Crippen molar-refractivity contribution in [1.29, 1.82) is 0 Å². The fourth-order valence-corrected chi connectivity index (χ4v) is 2.75. The van der Waals surface area contributed by atoms with Gasteiger partial charge in [0.15, 0.2) is 0 Å². The molecule has 0 aliphatic heterocycles. The number of aromatic nitrogens is 2. The van der Waals surface area contributed by atoms with Gasteiger partial charge in [0.05, 0.1) is 5.69 Å². The summed E-state index contributed by atoms with van der Waals surface area (Å²) in [6, 6.07) is 12.6. The molecule has 2 aromatic carbocycles. The van der Waals surface area contributed by atoms with Gasteiger partial charge >= 0.3 is 6.03 Å². The highest BCUT2D eigenvalue weighted by molar-refractivity contribution is 9.10. The van der Waals surface area contributed by atoms with Crippen molar-refractivity contribution in [3.8, 4) is 11.4 Å². The number of aryl methyl sites for hydroxylation is 2. The molecule has 0 unspecified atom stereocenters. The maximum absolute atomic E-state index is 12.2. The zero-order chi connectivity index (χ0) is 17.1. The zero-order valence-corrected chi connectivity index (χ0v) is 14.7. The number of hydrogen-bond donors (Lipinski definition) is 2. The molecule has 1 aromatic heterocycles. The fraction of sp³-hybridized carbons (Fsp3) is 0.118. The first kappa shape index (κ1) is 16.2. The van der Waals surface area contributed by atoms with Crippen molar-refractivity contribution in [2.45, 2.75) is 13.8 Å². The van der Waals surface area contributed by atoms with E-state index in [0.717, 1.165) is 15.6 Å². The number of urea groups is 1. The van der Waals surface area contributed by atoms with Crippen LogP contribution in [0.4, 0.5) is 16.2 Å². The Bertz CT molecular complexity index is 892. The average Bonchev–Trinajstić information content (AvgIpc) is 2.97. The van der Waals surface area contributed by atoms with Crippen LogP contribution in [0.1, 0.15) is 11.5 Å². The van der Waals surface area contributed by atoms with E-state index in [0.29, 0.717) is 23.1 Å². The SMILES string of the molecule is Cc1ccc(NC(=O)Nc2cccc(-c3noc(C)n3)c2)c(Br)c1. The minimum absolute atomic E-state index is 0.332. The third kappa shape index (κ3) is 3.80. The second kappa shape index (κ2) is 6.84. The molecular weight excluding hydrogens is 372 g/mol. The second-order valence-electron chi connectivity index (χ2n) is 5.28. The number of anilines is 2. The number of hydrogen-bond acceptors (Lipinski definition) is 4. The lowest BCUT2D eigenvalue weighted by Gasteiger charge is -2.10. The largest absolute Gasteiger partial charge is 0.339 e. The third-order valence-electron chi connectivity index (χ3n) is 3.28. The number of benzene rings is 2. The van der Waals surface area contributed by atoms with E-state index in [1.165, 1.54) is 0 Å². The molecule has 2 N–H and O–H groups in total. The van der Waals surface area contributed by atoms with E-state index < -0.39 is 0 Å². The van der Waals surface area contributed by atoms with Gasteiger partial charge in [-0.1, -0.05) is 23.4 Å². The molecular formula is C17H15BrN4O2. The van der Waals surface area contributed by atoms with Crippen LogP contribution >= 0.6 is 15.9 Å². The van der Waals surface area contributed by atoms with E-state index in [4.69, 9.17) is 4.52 Å². The molecule has 7 heteroatoms. The standard InChI is InChI=1S/C17H15BrN4O2/c1-10-6-7-15(14(18)8-10)21-17(23)20-13-5-3-4-12(9-13)16-19-11(2)24-22-16/h3-9H,1-2H3,(H2,20,21,23). The third-order valence-corrected chi connectivity index (χ3v) is 3.94. The first-order valence-electron chi connectivity index (χ1n) is 7.26. The number of amides is 2. The molecule has 0 saturated heterocycles. The summed E-state index contributed by atoms with van der Waals surface area (Å²) in [7, 11) is 0. The van der Waals surface area contributed by atoms with Gasteiger partial charge < -0.3 is 15.2 Å². The lowest BCUT2D eigenvalue weighted by molar-refractivity contribution is 0.262. The van der Waals surface area contributed by atoms with Crippen LogP contribution in [0.25, 0.3) is 11.4 Å². The summed E-state index contributed by atoms with van der Waals surface area (Å²) in [4.78, 5) is 16.4. The summed E-state index contributed by atoms with van der Waals surface area (Å²) in [6.07, 6.45) is 0. The van der Waals surface area contributed by atoms with Crippen LogP contribution in [0.3, 0.4) is 0 Å². The molecule has 3 rings (SSSR count). The van der Waals surface area contributed by atoms with Crippen molar-refractivity contribution in [2.75, 3.05) is 10.6 Å². The highest BCUT2D eigenvalue weighted by Gasteiger charge is 2.09. The quantitative estimate of drug-likeness (QED) is 0.679. The Labute approximate surface area is 147 Å².